The highest BCUT2D eigenvalue weighted by molar-refractivity contribution is 5.79. The smallest absolute Gasteiger partial charge is 0.315 e. The summed E-state index contributed by atoms with van der Waals surface area (Å²) in [5.41, 5.74) is -1.51. The van der Waals surface area contributed by atoms with Crippen molar-refractivity contribution in [1.29, 1.82) is 0 Å². The van der Waals surface area contributed by atoms with Gasteiger partial charge in [0.1, 0.15) is 72.7 Å². The molecule has 9 rings (SSSR count). The van der Waals surface area contributed by atoms with Crippen molar-refractivity contribution in [2.45, 2.75) is 203 Å². The van der Waals surface area contributed by atoms with Gasteiger partial charge < -0.3 is 94.1 Å². The molecule has 398 valence electrons. The van der Waals surface area contributed by atoms with Gasteiger partial charge in [-0.2, -0.15) is 0 Å². The molecule has 20 nitrogen and oxygen atoms in total. The number of hydrogen-bond donors (Lipinski definition) is 11. The van der Waals surface area contributed by atoms with Gasteiger partial charge in [0.2, 0.25) is 6.29 Å². The van der Waals surface area contributed by atoms with Gasteiger partial charge in [-0.15, -0.1) is 0 Å². The van der Waals surface area contributed by atoms with Crippen molar-refractivity contribution in [2.24, 2.45) is 44.8 Å². The second-order valence-electron chi connectivity index (χ2n) is 23.7. The number of ether oxygens (including phenoxy) is 8. The number of aliphatic hydroxyl groups excluding tert-OH is 10. The number of fused-ring (bicyclic) bond motifs is 7. The van der Waals surface area contributed by atoms with Gasteiger partial charge in [-0.3, -0.25) is 4.79 Å². The summed E-state index contributed by atoms with van der Waals surface area (Å²) in [5.74, 6) is -0.247. The molecule has 24 atom stereocenters. The lowest BCUT2D eigenvalue weighted by Crippen LogP contribution is -2.65. The molecular weight excluding hydrogens is 921 g/mol. The molecule has 0 spiro atoms. The molecule has 4 saturated carbocycles. The monoisotopic (exact) mass is 999 g/mol. The van der Waals surface area contributed by atoms with E-state index in [0.29, 0.717) is 38.0 Å². The average molecular weight is 999 g/mol. The van der Waals surface area contributed by atoms with Crippen LogP contribution in [0, 0.1) is 44.8 Å². The zero-order chi connectivity index (χ0) is 50.7. The van der Waals surface area contributed by atoms with E-state index in [1.54, 1.807) is 0 Å². The Balaban J connectivity index is 0.873. The fourth-order valence-electron chi connectivity index (χ4n) is 15.1. The largest absolute Gasteiger partial charge is 0.432 e. The summed E-state index contributed by atoms with van der Waals surface area (Å²) in [6.07, 6.45) is -13.3. The van der Waals surface area contributed by atoms with Crippen LogP contribution in [0.15, 0.2) is 23.8 Å². The van der Waals surface area contributed by atoms with Crippen molar-refractivity contribution in [3.8, 4) is 0 Å². The van der Waals surface area contributed by atoms with Crippen molar-refractivity contribution in [3.63, 3.8) is 0 Å². The summed E-state index contributed by atoms with van der Waals surface area (Å²) < 4.78 is 46.4. The van der Waals surface area contributed by atoms with Gasteiger partial charge in [0.25, 0.3) is 0 Å². The van der Waals surface area contributed by atoms with Gasteiger partial charge in [0.15, 0.2) is 18.9 Å². The molecule has 70 heavy (non-hydrogen) atoms. The molecule has 20 heteroatoms. The van der Waals surface area contributed by atoms with Gasteiger partial charge in [-0.25, -0.2) is 0 Å². The molecular formula is C50H78O20. The molecule has 0 aromatic carbocycles. The Morgan fingerprint density at radius 2 is 1.44 bits per heavy atom. The second-order valence-corrected chi connectivity index (χ2v) is 23.7. The highest BCUT2D eigenvalue weighted by Gasteiger charge is 2.70. The summed E-state index contributed by atoms with van der Waals surface area (Å²) in [7, 11) is 0. The summed E-state index contributed by atoms with van der Waals surface area (Å²) in [4.78, 5) is 14.9. The zero-order valence-corrected chi connectivity index (χ0v) is 41.0. The predicted molar refractivity (Wildman–Crippen MR) is 240 cm³/mol. The van der Waals surface area contributed by atoms with Crippen molar-refractivity contribution < 1.29 is 98.9 Å². The Labute approximate surface area is 408 Å². The number of hydrogen-bond acceptors (Lipinski definition) is 20. The molecule has 4 saturated heterocycles. The maximum atomic E-state index is 14.9. The van der Waals surface area contributed by atoms with Crippen LogP contribution in [0.3, 0.4) is 0 Å². The van der Waals surface area contributed by atoms with Crippen LogP contribution in [0.1, 0.15) is 98.8 Å². The SMILES string of the molecule is C=C1CC[C@]2(C(=O)O[C@@H]3O[C@H](CO[C@@H]4OC[C@H](O[C@@H]5OC[C@](O)(CO)[C@H]5O)[C@H](O)[C@H]4O)[C@@H](O)[C@H](O)[C@H]3O)CC[C@]3(C)C(=CC[C@@H]4[C@@]5(C)CC[C@H](O[C@@H]6OC[C@H](O)[C@H](O)[C@H]6O)C(C)(C)[C@@H]5CC[C@]43C)[C@@H]2C1. The minimum atomic E-state index is -1.98. The first-order valence-electron chi connectivity index (χ1n) is 25.3. The van der Waals surface area contributed by atoms with E-state index < -0.39 is 129 Å². The van der Waals surface area contributed by atoms with Crippen LogP contribution in [0.5, 0.6) is 0 Å². The van der Waals surface area contributed by atoms with E-state index in [1.165, 1.54) is 5.57 Å². The summed E-state index contributed by atoms with van der Waals surface area (Å²) in [5, 5.41) is 116. The van der Waals surface area contributed by atoms with E-state index in [1.807, 2.05) is 0 Å². The van der Waals surface area contributed by atoms with Crippen LogP contribution in [-0.4, -0.2) is 199 Å². The first-order chi connectivity index (χ1) is 32.9. The summed E-state index contributed by atoms with van der Waals surface area (Å²) in [6.45, 7) is 13.8. The average Bonchev–Trinajstić information content (AvgIpc) is 3.60. The third kappa shape index (κ3) is 8.39. The molecule has 11 N–H and O–H groups in total. The Hall–Kier alpha value is -1.77. The van der Waals surface area contributed by atoms with E-state index in [2.05, 4.69) is 47.3 Å². The summed E-state index contributed by atoms with van der Waals surface area (Å²) in [6, 6.07) is 0. The normalized spacial score (nSPS) is 53.5. The highest BCUT2D eigenvalue weighted by atomic mass is 16.8. The molecule has 0 unspecified atom stereocenters. The molecule has 0 radical (unpaired) electrons. The molecule has 9 aliphatic rings. The lowest BCUT2D eigenvalue weighted by Gasteiger charge is -2.71. The first kappa shape index (κ1) is 53.1. The lowest BCUT2D eigenvalue weighted by atomic mass is 9.34. The van der Waals surface area contributed by atoms with Crippen LogP contribution < -0.4 is 0 Å². The minimum absolute atomic E-state index is 0.0731. The molecule has 5 aliphatic carbocycles. The molecule has 0 amide bonds. The van der Waals surface area contributed by atoms with Gasteiger partial charge in [-0.05, 0) is 97.7 Å². The summed E-state index contributed by atoms with van der Waals surface area (Å²) >= 11 is 0. The third-order valence-corrected chi connectivity index (χ3v) is 19.8. The van der Waals surface area contributed by atoms with Gasteiger partial charge in [0, 0.05) is 5.92 Å². The third-order valence-electron chi connectivity index (χ3n) is 19.8. The Morgan fingerprint density at radius 1 is 0.743 bits per heavy atom. The first-order valence-corrected chi connectivity index (χ1v) is 25.3. The van der Waals surface area contributed by atoms with Crippen LogP contribution in [-0.2, 0) is 42.7 Å². The van der Waals surface area contributed by atoms with Crippen LogP contribution in [0.25, 0.3) is 0 Å². The van der Waals surface area contributed by atoms with Gasteiger partial charge in [0.05, 0.1) is 44.6 Å². The Morgan fingerprint density at radius 3 is 2.16 bits per heavy atom. The molecule has 0 bridgehead atoms. The van der Waals surface area contributed by atoms with Crippen molar-refractivity contribution in [3.05, 3.63) is 23.8 Å². The van der Waals surface area contributed by atoms with Crippen LogP contribution in [0.4, 0.5) is 0 Å². The maximum Gasteiger partial charge on any atom is 0.315 e. The van der Waals surface area contributed by atoms with Crippen LogP contribution in [0.2, 0.25) is 0 Å². The number of carbonyl (C=O) groups is 1. The Kier molecular flexibility index (Phi) is 14.5. The predicted octanol–water partition coefficient (Wildman–Crippen LogP) is -0.586. The zero-order valence-electron chi connectivity index (χ0n) is 41.0. The fourth-order valence-corrected chi connectivity index (χ4v) is 15.1. The fraction of sp³-hybridized carbons (Fsp3) is 0.900. The number of rotatable bonds is 10. The standard InChI is InChI=1S/C50H78O20/c1-23-9-14-49(44(61)70-42-38(59)35(56)33(54)27(67-42)19-64-40-37(58)34(55)28(20-65-40)68-43-39(60)50(62,21-51)22-66-43)16-15-47(5)24(25(49)17-23)7-8-30-46(4)12-11-31(45(2,3)29(46)10-13-48(30,47)6)69-41-36(57)32(53)26(52)18-63-41/h7,25-43,51-60,62H,1,8-22H2,2-6H3/t25-,26-,27+,28-,29-,30+,31-,32-,33+,34-,35-,36+,37+,38+,39-,40+,41-,42-,43-,46-,47+,48+,49-,50+/m0/s1. The van der Waals surface area contributed by atoms with E-state index in [-0.39, 0.29) is 52.8 Å². The number of carbonyl (C=O) groups excluding carboxylic acids is 1. The van der Waals surface area contributed by atoms with Crippen molar-refractivity contribution >= 4 is 5.97 Å². The molecule has 0 aromatic heterocycles. The molecule has 8 fully saturated rings. The van der Waals surface area contributed by atoms with E-state index in [0.717, 1.165) is 37.7 Å². The minimum Gasteiger partial charge on any atom is -0.432 e. The van der Waals surface area contributed by atoms with Crippen molar-refractivity contribution in [1.82, 2.24) is 0 Å². The topological polar surface area (TPSA) is 313 Å². The number of allylic oxidation sites excluding steroid dienone is 3. The van der Waals surface area contributed by atoms with E-state index in [9.17, 15) is 61.0 Å². The van der Waals surface area contributed by atoms with E-state index in [4.69, 9.17) is 37.9 Å². The molecule has 0 aromatic rings. The maximum absolute atomic E-state index is 14.9. The van der Waals surface area contributed by atoms with E-state index >= 15 is 0 Å². The quantitative estimate of drug-likeness (QED) is 0.0741. The molecule has 4 aliphatic heterocycles. The van der Waals surface area contributed by atoms with Gasteiger partial charge in [-0.1, -0.05) is 58.4 Å². The Bertz CT molecular complexity index is 1970. The number of esters is 1. The van der Waals surface area contributed by atoms with Crippen LogP contribution >= 0.6 is 0 Å². The highest BCUT2D eigenvalue weighted by Crippen LogP contribution is 2.75. The van der Waals surface area contributed by atoms with Gasteiger partial charge >= 0.3 is 5.97 Å². The lowest BCUT2D eigenvalue weighted by molar-refractivity contribution is -0.325. The van der Waals surface area contributed by atoms with Crippen molar-refractivity contribution in [2.75, 3.05) is 33.0 Å². The molecule has 4 heterocycles. The number of aliphatic hydroxyl groups is 11. The second kappa shape index (κ2) is 19.1.